The number of nitrogens with one attached hydrogen (secondary N) is 1. The number of aromatic nitrogens is 2. The van der Waals surface area contributed by atoms with Gasteiger partial charge in [-0.3, -0.25) is 9.59 Å². The molecule has 3 aromatic rings. The zero-order chi connectivity index (χ0) is 23.5. The summed E-state index contributed by atoms with van der Waals surface area (Å²) in [6.07, 6.45) is 0.520. The lowest BCUT2D eigenvalue weighted by atomic mass is 9.90. The van der Waals surface area contributed by atoms with Gasteiger partial charge in [0.05, 0.1) is 23.9 Å². The van der Waals surface area contributed by atoms with E-state index < -0.39 is 0 Å². The van der Waals surface area contributed by atoms with Crippen molar-refractivity contribution in [2.75, 3.05) is 19.7 Å². The van der Waals surface area contributed by atoms with Crippen LogP contribution < -0.4 is 0 Å². The second-order valence-electron chi connectivity index (χ2n) is 8.41. The van der Waals surface area contributed by atoms with E-state index in [2.05, 4.69) is 16.0 Å². The number of carbonyl (C=O) groups excluding carboxylic acids is 2. The summed E-state index contributed by atoms with van der Waals surface area (Å²) < 4.78 is 5.09. The number of carbonyl (C=O) groups is 2. The second-order valence-corrected chi connectivity index (χ2v) is 8.41. The van der Waals surface area contributed by atoms with Crippen molar-refractivity contribution in [3.63, 3.8) is 0 Å². The lowest BCUT2D eigenvalue weighted by Crippen LogP contribution is -2.48. The Kier molecular flexibility index (Phi) is 6.27. The number of imidazole rings is 1. The van der Waals surface area contributed by atoms with E-state index in [9.17, 15) is 9.59 Å². The molecule has 0 spiro atoms. The Morgan fingerprint density at radius 1 is 1.18 bits per heavy atom. The summed E-state index contributed by atoms with van der Waals surface area (Å²) in [6, 6.07) is 15.4. The Labute approximate surface area is 193 Å². The van der Waals surface area contributed by atoms with Crippen LogP contribution in [0.5, 0.6) is 0 Å². The average molecular weight is 443 g/mol. The predicted molar refractivity (Wildman–Crippen MR) is 124 cm³/mol. The molecule has 0 aliphatic carbocycles. The highest BCUT2D eigenvalue weighted by Crippen LogP contribution is 2.31. The van der Waals surface area contributed by atoms with Crippen LogP contribution in [0, 0.1) is 25.2 Å². The Morgan fingerprint density at radius 3 is 2.58 bits per heavy atom. The topological polar surface area (TPSA) is 99.1 Å². The normalized spacial score (nSPS) is 13.3. The lowest BCUT2D eigenvalue weighted by Gasteiger charge is -2.39. The number of amides is 1. The van der Waals surface area contributed by atoms with Crippen molar-refractivity contribution < 1.29 is 14.3 Å². The molecule has 0 radical (unpaired) electrons. The monoisotopic (exact) mass is 442 g/mol. The number of ether oxygens (including phenoxy) is 1. The van der Waals surface area contributed by atoms with Gasteiger partial charge in [0.1, 0.15) is 5.82 Å². The van der Waals surface area contributed by atoms with E-state index in [4.69, 9.17) is 10.00 Å². The molecule has 1 aliphatic heterocycles. The van der Waals surface area contributed by atoms with Gasteiger partial charge in [0, 0.05) is 49.2 Å². The summed E-state index contributed by atoms with van der Waals surface area (Å²) >= 11 is 0. The number of hydrogen-bond acceptors (Lipinski definition) is 5. The maximum atomic E-state index is 13.1. The van der Waals surface area contributed by atoms with Crippen LogP contribution in [0.4, 0.5) is 0 Å². The summed E-state index contributed by atoms with van der Waals surface area (Å²) in [6.45, 7) is 6.85. The minimum atomic E-state index is -0.314. The molecular weight excluding hydrogens is 416 g/mol. The molecule has 2 aromatic carbocycles. The van der Waals surface area contributed by atoms with E-state index >= 15 is 0 Å². The van der Waals surface area contributed by atoms with E-state index in [0.29, 0.717) is 30.6 Å². The minimum absolute atomic E-state index is 0.00475. The van der Waals surface area contributed by atoms with Crippen LogP contribution in [-0.2, 0) is 16.0 Å². The molecule has 0 saturated carbocycles. The van der Waals surface area contributed by atoms with Gasteiger partial charge in [0.25, 0.3) is 5.91 Å². The summed E-state index contributed by atoms with van der Waals surface area (Å²) in [5.74, 6) is 0.737. The third-order valence-electron chi connectivity index (χ3n) is 5.97. The van der Waals surface area contributed by atoms with Gasteiger partial charge >= 0.3 is 5.97 Å². The summed E-state index contributed by atoms with van der Waals surface area (Å²) in [7, 11) is 0. The first kappa shape index (κ1) is 22.3. The van der Waals surface area contributed by atoms with Gasteiger partial charge in [-0.2, -0.15) is 5.26 Å². The Morgan fingerprint density at radius 2 is 1.91 bits per heavy atom. The van der Waals surface area contributed by atoms with Crippen molar-refractivity contribution >= 4 is 11.9 Å². The van der Waals surface area contributed by atoms with Gasteiger partial charge < -0.3 is 14.6 Å². The van der Waals surface area contributed by atoms with E-state index in [1.807, 2.05) is 61.2 Å². The molecule has 1 aromatic heterocycles. The highest BCUT2D eigenvalue weighted by atomic mass is 16.5. The molecule has 0 atom stereocenters. The van der Waals surface area contributed by atoms with Gasteiger partial charge in [-0.15, -0.1) is 0 Å². The number of benzene rings is 2. The zero-order valence-electron chi connectivity index (χ0n) is 19.0. The maximum Gasteiger partial charge on any atom is 0.302 e. The van der Waals surface area contributed by atoms with Gasteiger partial charge in [-0.1, -0.05) is 18.2 Å². The molecule has 33 heavy (non-hydrogen) atoms. The average Bonchev–Trinajstić information content (AvgIpc) is 3.13. The number of H-pyrrole nitrogens is 1. The Balaban J connectivity index is 1.49. The molecule has 1 amide bonds. The van der Waals surface area contributed by atoms with Crippen molar-refractivity contribution in [1.82, 2.24) is 14.9 Å². The Bertz CT molecular complexity index is 1230. The highest BCUT2D eigenvalue weighted by Gasteiger charge is 2.32. The molecule has 0 bridgehead atoms. The van der Waals surface area contributed by atoms with Gasteiger partial charge in [-0.05, 0) is 49.2 Å². The molecule has 4 rings (SSSR count). The molecule has 1 aliphatic rings. The molecule has 1 N–H and O–H groups in total. The third kappa shape index (κ3) is 4.80. The molecule has 2 heterocycles. The number of aryl methyl sites for hydroxylation is 2. The molecule has 168 valence electrons. The molecule has 1 saturated heterocycles. The van der Waals surface area contributed by atoms with Crippen LogP contribution in [0.1, 0.15) is 51.4 Å². The van der Waals surface area contributed by atoms with Gasteiger partial charge in [0.2, 0.25) is 0 Å². The van der Waals surface area contributed by atoms with E-state index in [-0.39, 0.29) is 24.4 Å². The summed E-state index contributed by atoms with van der Waals surface area (Å²) in [5, 5.41) is 8.96. The van der Waals surface area contributed by atoms with Crippen LogP contribution in [0.2, 0.25) is 0 Å². The number of aromatic amines is 1. The largest absolute Gasteiger partial charge is 0.465 e. The smallest absolute Gasteiger partial charge is 0.302 e. The fourth-order valence-electron chi connectivity index (χ4n) is 4.12. The lowest BCUT2D eigenvalue weighted by molar-refractivity contribution is -0.140. The van der Waals surface area contributed by atoms with Crippen molar-refractivity contribution in [1.29, 1.82) is 5.26 Å². The van der Waals surface area contributed by atoms with Crippen molar-refractivity contribution in [2.45, 2.75) is 33.1 Å². The van der Waals surface area contributed by atoms with E-state index in [1.165, 1.54) is 6.92 Å². The molecule has 0 unspecified atom stereocenters. The van der Waals surface area contributed by atoms with Crippen LogP contribution >= 0.6 is 0 Å². The van der Waals surface area contributed by atoms with Crippen LogP contribution in [-0.4, -0.2) is 46.4 Å². The van der Waals surface area contributed by atoms with Crippen molar-refractivity contribution in [3.05, 3.63) is 76.2 Å². The zero-order valence-corrected chi connectivity index (χ0v) is 19.0. The summed E-state index contributed by atoms with van der Waals surface area (Å²) in [5.41, 5.74) is 5.99. The first-order valence-electron chi connectivity index (χ1n) is 10.9. The maximum absolute atomic E-state index is 13.1. The summed E-state index contributed by atoms with van der Waals surface area (Å²) in [4.78, 5) is 34.0. The number of esters is 1. The van der Waals surface area contributed by atoms with Crippen molar-refractivity contribution in [2.24, 2.45) is 0 Å². The fraction of sp³-hybridized carbons (Fsp3) is 0.308. The quantitative estimate of drug-likeness (QED) is 0.584. The molecule has 1 fully saturated rings. The molecule has 7 heteroatoms. The fourth-order valence-corrected chi connectivity index (χ4v) is 4.12. The minimum Gasteiger partial charge on any atom is -0.465 e. The van der Waals surface area contributed by atoms with Gasteiger partial charge in [-0.25, -0.2) is 4.98 Å². The van der Waals surface area contributed by atoms with Crippen LogP contribution in [0.15, 0.2) is 42.5 Å². The van der Waals surface area contributed by atoms with E-state index in [0.717, 1.165) is 33.9 Å². The standard InChI is InChI=1S/C26H26N4O3/c1-16-4-7-21(12-23(16)25-24(28-17(2)29-25)10-11-33-18(3)31)26(32)30-14-22(15-30)20-8-5-19(13-27)6-9-20/h4-9,12,22H,10-11,14-15H2,1-3H3,(H,28,29). The number of likely N-dealkylation sites (tertiary alicyclic amines) is 1. The second kappa shape index (κ2) is 9.29. The number of nitriles is 1. The highest BCUT2D eigenvalue weighted by molar-refractivity contribution is 5.96. The first-order valence-corrected chi connectivity index (χ1v) is 10.9. The van der Waals surface area contributed by atoms with Crippen LogP contribution in [0.25, 0.3) is 11.3 Å². The SMILES string of the molecule is CC(=O)OCCc1[nH]c(C)nc1-c1cc(C(=O)N2CC(c3ccc(C#N)cc3)C2)ccc1C. The Hall–Kier alpha value is -3.92. The number of rotatable bonds is 6. The molecule has 7 nitrogen and oxygen atoms in total. The van der Waals surface area contributed by atoms with Crippen molar-refractivity contribution in [3.8, 4) is 17.3 Å². The first-order chi connectivity index (χ1) is 15.9. The van der Waals surface area contributed by atoms with Gasteiger partial charge in [0.15, 0.2) is 0 Å². The number of hydrogen-bond donors (Lipinski definition) is 1. The number of nitrogens with zero attached hydrogens (tertiary/aromatic N) is 3. The molecular formula is C26H26N4O3. The third-order valence-corrected chi connectivity index (χ3v) is 5.97. The van der Waals surface area contributed by atoms with E-state index in [1.54, 1.807) is 0 Å². The van der Waals surface area contributed by atoms with Crippen LogP contribution in [0.3, 0.4) is 0 Å². The predicted octanol–water partition coefficient (Wildman–Crippen LogP) is 3.91.